The van der Waals surface area contributed by atoms with Crippen LogP contribution in [0.3, 0.4) is 0 Å². The molecule has 0 spiro atoms. The van der Waals surface area contributed by atoms with Gasteiger partial charge in [0.1, 0.15) is 18.2 Å². The zero-order valence-corrected chi connectivity index (χ0v) is 21.5. The van der Waals surface area contributed by atoms with E-state index in [1.165, 1.54) is 0 Å². The lowest BCUT2D eigenvalue weighted by Crippen LogP contribution is -2.45. The Hall–Kier alpha value is -3.70. The molecule has 0 saturated carbocycles. The molecule has 0 fully saturated rings. The lowest BCUT2D eigenvalue weighted by atomic mass is 10.1. The van der Waals surface area contributed by atoms with Gasteiger partial charge in [-0.1, -0.05) is 30.3 Å². The third-order valence-corrected chi connectivity index (χ3v) is 7.63. The van der Waals surface area contributed by atoms with E-state index in [1.54, 1.807) is 6.08 Å². The predicted molar refractivity (Wildman–Crippen MR) is 143 cm³/mol. The molecule has 2 aromatic carbocycles. The Morgan fingerprint density at radius 3 is 2.72 bits per heavy atom. The number of benzene rings is 2. The van der Waals surface area contributed by atoms with Gasteiger partial charge in [-0.25, -0.2) is 13.3 Å². The summed E-state index contributed by atoms with van der Waals surface area (Å²) in [6.45, 7) is 5.04. The lowest BCUT2D eigenvalue weighted by molar-refractivity contribution is -0.114. The summed E-state index contributed by atoms with van der Waals surface area (Å²) in [7, 11) is -3.71. The van der Waals surface area contributed by atoms with Gasteiger partial charge in [0.2, 0.25) is 20.2 Å². The number of sulfone groups is 1. The highest BCUT2D eigenvalue weighted by atomic mass is 32.2. The minimum absolute atomic E-state index is 0.00728. The van der Waals surface area contributed by atoms with Crippen molar-refractivity contribution in [2.75, 3.05) is 12.9 Å². The maximum absolute atomic E-state index is 12.8. The largest absolute Gasteiger partial charge is 0.491 e. The van der Waals surface area contributed by atoms with Gasteiger partial charge in [0, 0.05) is 28.9 Å². The second-order valence-electron chi connectivity index (χ2n) is 8.59. The summed E-state index contributed by atoms with van der Waals surface area (Å²) in [4.78, 5) is 17.9. The number of hydrogen-bond donors (Lipinski definition) is 1. The lowest BCUT2D eigenvalue weighted by Gasteiger charge is -2.23. The molecule has 9 nitrogen and oxygen atoms in total. The molecule has 5 rings (SSSR count). The van der Waals surface area contributed by atoms with Crippen molar-refractivity contribution in [2.24, 2.45) is 9.39 Å². The van der Waals surface area contributed by atoms with Crippen molar-refractivity contribution < 1.29 is 17.9 Å². The highest BCUT2D eigenvalue weighted by Gasteiger charge is 2.41. The minimum Gasteiger partial charge on any atom is -0.491 e. The normalized spacial score (nSPS) is 17.0. The molecule has 2 aliphatic heterocycles. The fourth-order valence-electron chi connectivity index (χ4n) is 4.08. The first-order valence-electron chi connectivity index (χ1n) is 11.1. The van der Waals surface area contributed by atoms with Gasteiger partial charge < -0.3 is 9.30 Å². The molecule has 1 aromatic heterocycles. The quantitative estimate of drug-likeness (QED) is 0.401. The van der Waals surface area contributed by atoms with E-state index in [-0.39, 0.29) is 21.7 Å². The van der Waals surface area contributed by atoms with Crippen molar-refractivity contribution in [2.45, 2.75) is 20.4 Å². The number of nitrogens with one attached hydrogen (secondary N) is 1. The number of hydrogen-bond acceptors (Lipinski definition) is 7. The van der Waals surface area contributed by atoms with Crippen LogP contribution >= 0.6 is 11.9 Å². The molecular formula is C25H23N5O4S2. The average molecular weight is 522 g/mol. The summed E-state index contributed by atoms with van der Waals surface area (Å²) in [6.07, 6.45) is 4.49. The number of aryl methyl sites for hydroxylation is 2. The number of para-hydroxylation sites is 1. The summed E-state index contributed by atoms with van der Waals surface area (Å²) < 4.78 is 36.3. The Morgan fingerprint density at radius 2 is 1.94 bits per heavy atom. The molecule has 0 radical (unpaired) electrons. The van der Waals surface area contributed by atoms with Gasteiger partial charge in [-0.05, 0) is 43.2 Å². The maximum atomic E-state index is 12.8. The van der Waals surface area contributed by atoms with Crippen LogP contribution in [0.15, 0.2) is 63.6 Å². The molecule has 0 aliphatic carbocycles. The first-order chi connectivity index (χ1) is 17.1. The molecule has 36 heavy (non-hydrogen) atoms. The zero-order chi connectivity index (χ0) is 25.6. The van der Waals surface area contributed by atoms with Gasteiger partial charge in [-0.2, -0.15) is 9.39 Å². The smallest absolute Gasteiger partial charge is 0.283 e. The molecule has 0 atom stereocenters. The van der Waals surface area contributed by atoms with Crippen LogP contribution in [0.1, 0.15) is 16.7 Å². The Kier molecular flexibility index (Phi) is 6.05. The van der Waals surface area contributed by atoms with Crippen LogP contribution in [-0.2, 0) is 21.2 Å². The van der Waals surface area contributed by atoms with Crippen LogP contribution in [-0.4, -0.2) is 52.8 Å². The van der Waals surface area contributed by atoms with Crippen molar-refractivity contribution in [1.29, 1.82) is 5.41 Å². The number of ether oxygens (including phenoxy) is 1. The number of rotatable bonds is 5. The number of nitrogens with zero attached hydrogens (tertiary/aromatic N) is 4. The number of fused-ring (bicyclic) bond motifs is 2. The van der Waals surface area contributed by atoms with Gasteiger partial charge >= 0.3 is 0 Å². The van der Waals surface area contributed by atoms with Crippen molar-refractivity contribution >= 4 is 60.8 Å². The first-order valence-corrected chi connectivity index (χ1v) is 13.8. The molecule has 2 aliphatic rings. The van der Waals surface area contributed by atoms with E-state index in [0.29, 0.717) is 18.7 Å². The fourth-order valence-corrected chi connectivity index (χ4v) is 5.93. The third kappa shape index (κ3) is 4.35. The van der Waals surface area contributed by atoms with Crippen molar-refractivity contribution in [3.05, 3.63) is 70.9 Å². The molecule has 3 aromatic rings. The van der Waals surface area contributed by atoms with Crippen LogP contribution in [0.25, 0.3) is 17.0 Å². The summed E-state index contributed by atoms with van der Waals surface area (Å²) >= 11 is 0.771. The van der Waals surface area contributed by atoms with E-state index in [1.807, 2.05) is 67.1 Å². The van der Waals surface area contributed by atoms with E-state index >= 15 is 0 Å². The maximum Gasteiger partial charge on any atom is 0.283 e. The van der Waals surface area contributed by atoms with E-state index in [2.05, 4.69) is 9.39 Å². The molecule has 0 bridgehead atoms. The van der Waals surface area contributed by atoms with E-state index < -0.39 is 15.7 Å². The molecular weight excluding hydrogens is 498 g/mol. The number of carbonyl (C=O) groups is 1. The number of amidine groups is 3. The number of amides is 1. The minimum atomic E-state index is -3.71. The van der Waals surface area contributed by atoms with Crippen LogP contribution < -0.4 is 4.74 Å². The Labute approximate surface area is 212 Å². The van der Waals surface area contributed by atoms with E-state index in [0.717, 1.165) is 50.9 Å². The van der Waals surface area contributed by atoms with Crippen LogP contribution in [0.5, 0.6) is 5.75 Å². The van der Waals surface area contributed by atoms with Crippen LogP contribution in [0, 0.1) is 19.3 Å². The van der Waals surface area contributed by atoms with Gasteiger partial charge in [-0.3, -0.25) is 10.2 Å². The van der Waals surface area contributed by atoms with Crippen LogP contribution in [0.4, 0.5) is 0 Å². The molecule has 1 amide bonds. The molecule has 1 N–H and O–H groups in total. The molecule has 184 valence electrons. The van der Waals surface area contributed by atoms with E-state index in [4.69, 9.17) is 10.1 Å². The summed E-state index contributed by atoms with van der Waals surface area (Å²) in [6, 6.07) is 13.8. The highest BCUT2D eigenvalue weighted by Crippen LogP contribution is 2.31. The average Bonchev–Trinajstić information content (AvgIpc) is 3.41. The molecule has 0 saturated heterocycles. The topological polar surface area (TPSA) is 117 Å². The third-order valence-electron chi connectivity index (χ3n) is 5.88. The Balaban J connectivity index is 1.46. The second kappa shape index (κ2) is 9.07. The SMILES string of the molecule is Cc1ccc(C)c(OCCn2cc(/C=C3/C(=N)N4C(=NC3=O)SN=C4S(C)(=O)=O)c3ccccc32)c1. The molecule has 11 heteroatoms. The summed E-state index contributed by atoms with van der Waals surface area (Å²) in [5, 5.41) is 9.24. The zero-order valence-electron chi connectivity index (χ0n) is 19.8. The van der Waals surface area contributed by atoms with Gasteiger partial charge in [0.05, 0.1) is 24.1 Å². The van der Waals surface area contributed by atoms with Gasteiger partial charge in [-0.15, -0.1) is 0 Å². The molecule has 0 unspecified atom stereocenters. The Bertz CT molecular complexity index is 1630. The van der Waals surface area contributed by atoms with Crippen molar-refractivity contribution in [3.63, 3.8) is 0 Å². The monoisotopic (exact) mass is 521 g/mol. The predicted octanol–water partition coefficient (Wildman–Crippen LogP) is 3.96. The summed E-state index contributed by atoms with van der Waals surface area (Å²) in [5.74, 6) is -0.0383. The number of aliphatic imine (C=N–C) groups is 1. The highest BCUT2D eigenvalue weighted by molar-refractivity contribution is 8.16. The Morgan fingerprint density at radius 1 is 1.17 bits per heavy atom. The van der Waals surface area contributed by atoms with Gasteiger partial charge in [0.25, 0.3) is 5.91 Å². The van der Waals surface area contributed by atoms with Gasteiger partial charge in [0.15, 0.2) is 0 Å². The van der Waals surface area contributed by atoms with Crippen LogP contribution in [0.2, 0.25) is 0 Å². The molecule has 3 heterocycles. The fraction of sp³-hybridized carbons (Fsp3) is 0.200. The summed E-state index contributed by atoms with van der Waals surface area (Å²) in [5.41, 5.74) is 3.85. The number of aromatic nitrogens is 1. The first kappa shape index (κ1) is 24.0. The second-order valence-corrected chi connectivity index (χ2v) is 11.2. The number of carbonyl (C=O) groups excluding carboxylic acids is 1. The van der Waals surface area contributed by atoms with E-state index in [9.17, 15) is 13.2 Å². The van der Waals surface area contributed by atoms with Crippen molar-refractivity contribution in [1.82, 2.24) is 9.47 Å². The van der Waals surface area contributed by atoms with Crippen molar-refractivity contribution in [3.8, 4) is 5.75 Å². The standard InChI is InChI=1S/C25H23N5O4S2/c1-15-8-9-16(2)21(12-15)34-11-10-29-14-17(18-6-4-5-7-20(18)29)13-19-22(26)30-24(27-23(19)31)35-28-25(30)36(3,32)33/h4-9,12-14,26H,10-11H2,1-3H3/b19-13-,26-22?.